The molecule has 0 spiro atoms. The lowest BCUT2D eigenvalue weighted by atomic mass is 9.95. The standard InChI is InChI=1S/C29H32F2N8O/c1-38(18-7-10-33-14-18)27-19-15-34-26(25-22-17(13-21(32)35-25)5-2-6-20(22)30)23(31)24(19)36-28(37-27)40-16-29-8-3-11-39(29)12-4-9-29/h2,5-6,13,15,18,33H,3-4,7-12,14,16H2,1H3,(H2,32,35)/t18-/m1/s1. The van der Waals surface area contributed by atoms with Crippen LogP contribution < -0.4 is 20.7 Å². The average Bonchev–Trinajstić information content (AvgIpc) is 3.69. The molecule has 7 rings (SSSR count). The highest BCUT2D eigenvalue weighted by Crippen LogP contribution is 2.40. The predicted molar refractivity (Wildman–Crippen MR) is 150 cm³/mol. The molecule has 3 saturated heterocycles. The van der Waals surface area contributed by atoms with Crippen LogP contribution in [0.15, 0.2) is 30.5 Å². The van der Waals surface area contributed by atoms with Gasteiger partial charge in [0.2, 0.25) is 0 Å². The summed E-state index contributed by atoms with van der Waals surface area (Å²) in [5, 5.41) is 4.50. The van der Waals surface area contributed by atoms with E-state index in [1.165, 1.54) is 12.3 Å². The summed E-state index contributed by atoms with van der Waals surface area (Å²) >= 11 is 0. The fourth-order valence-electron chi connectivity index (χ4n) is 6.78. The average molecular weight is 547 g/mol. The third-order valence-corrected chi connectivity index (χ3v) is 8.89. The van der Waals surface area contributed by atoms with Crippen molar-refractivity contribution in [3.63, 3.8) is 0 Å². The van der Waals surface area contributed by atoms with Gasteiger partial charge < -0.3 is 20.7 Å². The minimum Gasteiger partial charge on any atom is -0.461 e. The third kappa shape index (κ3) is 4.10. The van der Waals surface area contributed by atoms with Gasteiger partial charge in [0, 0.05) is 31.2 Å². The normalized spacial score (nSPS) is 20.4. The Morgan fingerprint density at radius 2 is 1.98 bits per heavy atom. The zero-order valence-corrected chi connectivity index (χ0v) is 22.5. The molecule has 208 valence electrons. The fourth-order valence-corrected chi connectivity index (χ4v) is 6.78. The number of nitrogens with one attached hydrogen (secondary N) is 1. The molecule has 4 aromatic rings. The number of anilines is 2. The fraction of sp³-hybridized carbons (Fsp3) is 0.448. The molecular weight excluding hydrogens is 514 g/mol. The largest absolute Gasteiger partial charge is 0.461 e. The van der Waals surface area contributed by atoms with Crippen LogP contribution in [0.3, 0.4) is 0 Å². The number of hydrogen-bond donors (Lipinski definition) is 2. The van der Waals surface area contributed by atoms with E-state index in [4.69, 9.17) is 15.5 Å². The summed E-state index contributed by atoms with van der Waals surface area (Å²) in [6.45, 7) is 4.30. The van der Waals surface area contributed by atoms with E-state index in [9.17, 15) is 4.39 Å². The molecule has 3 fully saturated rings. The number of hydrogen-bond acceptors (Lipinski definition) is 9. The molecule has 0 saturated carbocycles. The summed E-state index contributed by atoms with van der Waals surface area (Å²) in [7, 11) is 1.95. The van der Waals surface area contributed by atoms with Crippen molar-refractivity contribution in [3.8, 4) is 17.4 Å². The molecule has 3 N–H and O–H groups in total. The highest BCUT2D eigenvalue weighted by Gasteiger charge is 2.45. The van der Waals surface area contributed by atoms with Crippen LogP contribution in [0.2, 0.25) is 0 Å². The number of fused-ring (bicyclic) bond motifs is 3. The zero-order chi connectivity index (χ0) is 27.4. The highest BCUT2D eigenvalue weighted by molar-refractivity contribution is 5.98. The molecule has 0 aliphatic carbocycles. The number of nitrogens with two attached hydrogens (primary N) is 1. The Labute approximate surface area is 230 Å². The van der Waals surface area contributed by atoms with Gasteiger partial charge in [-0.2, -0.15) is 9.97 Å². The third-order valence-electron chi connectivity index (χ3n) is 8.89. The molecule has 0 radical (unpaired) electrons. The Morgan fingerprint density at radius 3 is 2.75 bits per heavy atom. The van der Waals surface area contributed by atoms with Crippen LogP contribution >= 0.6 is 0 Å². The first-order chi connectivity index (χ1) is 19.4. The Morgan fingerprint density at radius 1 is 1.15 bits per heavy atom. The molecule has 6 heterocycles. The number of ether oxygens (including phenoxy) is 1. The summed E-state index contributed by atoms with van der Waals surface area (Å²) in [6.07, 6.45) is 6.91. The quantitative estimate of drug-likeness (QED) is 0.372. The van der Waals surface area contributed by atoms with Crippen molar-refractivity contribution >= 4 is 33.3 Å². The van der Waals surface area contributed by atoms with Gasteiger partial charge in [-0.3, -0.25) is 9.88 Å². The van der Waals surface area contributed by atoms with Gasteiger partial charge in [0.05, 0.1) is 10.9 Å². The molecule has 40 heavy (non-hydrogen) atoms. The molecular formula is C29H32F2N8O. The van der Waals surface area contributed by atoms with Crippen molar-refractivity contribution < 1.29 is 13.5 Å². The molecule has 11 heteroatoms. The maximum atomic E-state index is 16.5. The topological polar surface area (TPSA) is 105 Å². The van der Waals surface area contributed by atoms with Gasteiger partial charge in [0.25, 0.3) is 0 Å². The summed E-state index contributed by atoms with van der Waals surface area (Å²) in [6, 6.07) is 6.48. The second-order valence-electron chi connectivity index (χ2n) is 11.2. The lowest BCUT2D eigenvalue weighted by molar-refractivity contribution is 0.108. The van der Waals surface area contributed by atoms with Gasteiger partial charge in [-0.05, 0) is 69.3 Å². The van der Waals surface area contributed by atoms with E-state index in [1.54, 1.807) is 18.2 Å². The van der Waals surface area contributed by atoms with Gasteiger partial charge in [0.1, 0.15) is 41.0 Å². The number of halogens is 2. The predicted octanol–water partition coefficient (Wildman–Crippen LogP) is 3.91. The number of nitrogen functional groups attached to an aromatic ring is 1. The first-order valence-electron chi connectivity index (χ1n) is 14.0. The SMILES string of the molecule is CN(c1nc(OCC23CCCN2CCC3)nc2c(F)c(-c3nc(N)cc4cccc(F)c34)ncc12)[C@@H]1CCNC1. The molecule has 0 amide bonds. The van der Waals surface area contributed by atoms with E-state index in [-0.39, 0.29) is 45.7 Å². The highest BCUT2D eigenvalue weighted by atomic mass is 19.1. The molecule has 3 aliphatic rings. The van der Waals surface area contributed by atoms with E-state index < -0.39 is 11.6 Å². The van der Waals surface area contributed by atoms with Crippen molar-refractivity contribution in [3.05, 3.63) is 42.1 Å². The van der Waals surface area contributed by atoms with Crippen LogP contribution in [0.1, 0.15) is 32.1 Å². The minimum atomic E-state index is -0.715. The van der Waals surface area contributed by atoms with Crippen molar-refractivity contribution in [1.29, 1.82) is 0 Å². The Bertz CT molecular complexity index is 1600. The van der Waals surface area contributed by atoms with Crippen LogP contribution in [-0.4, -0.2) is 76.3 Å². The van der Waals surface area contributed by atoms with Crippen molar-refractivity contribution in [2.45, 2.75) is 43.7 Å². The maximum Gasteiger partial charge on any atom is 0.319 e. The number of aromatic nitrogens is 4. The van der Waals surface area contributed by atoms with E-state index in [1.807, 2.05) is 11.9 Å². The van der Waals surface area contributed by atoms with Crippen LogP contribution in [0.4, 0.5) is 20.4 Å². The van der Waals surface area contributed by atoms with Crippen LogP contribution in [-0.2, 0) is 0 Å². The first-order valence-corrected chi connectivity index (χ1v) is 14.0. The van der Waals surface area contributed by atoms with Crippen LogP contribution in [0.25, 0.3) is 33.1 Å². The summed E-state index contributed by atoms with van der Waals surface area (Å²) in [5.41, 5.74) is 5.99. The molecule has 3 aliphatic heterocycles. The smallest absolute Gasteiger partial charge is 0.319 e. The summed E-state index contributed by atoms with van der Waals surface area (Å²) in [5.74, 6) is -0.546. The Balaban J connectivity index is 1.37. The number of rotatable bonds is 6. The summed E-state index contributed by atoms with van der Waals surface area (Å²) < 4.78 is 37.7. The minimum absolute atomic E-state index is 0.0103. The summed E-state index contributed by atoms with van der Waals surface area (Å²) in [4.78, 5) is 22.6. The van der Waals surface area contributed by atoms with E-state index in [0.29, 0.717) is 23.2 Å². The van der Waals surface area contributed by atoms with E-state index in [2.05, 4.69) is 25.2 Å². The zero-order valence-electron chi connectivity index (χ0n) is 22.5. The monoisotopic (exact) mass is 546 g/mol. The van der Waals surface area contributed by atoms with Crippen LogP contribution in [0.5, 0.6) is 6.01 Å². The maximum absolute atomic E-state index is 16.5. The molecule has 1 aromatic carbocycles. The molecule has 1 atom stereocenters. The van der Waals surface area contributed by atoms with Gasteiger partial charge in [-0.15, -0.1) is 0 Å². The van der Waals surface area contributed by atoms with Gasteiger partial charge in [0.15, 0.2) is 5.82 Å². The lowest BCUT2D eigenvalue weighted by Gasteiger charge is -2.31. The van der Waals surface area contributed by atoms with Gasteiger partial charge >= 0.3 is 6.01 Å². The number of benzene rings is 1. The lowest BCUT2D eigenvalue weighted by Crippen LogP contribution is -2.43. The Hall–Kier alpha value is -3.70. The number of nitrogens with zero attached hydrogens (tertiary/aromatic N) is 6. The first kappa shape index (κ1) is 25.3. The van der Waals surface area contributed by atoms with E-state index >= 15 is 4.39 Å². The molecule has 3 aromatic heterocycles. The van der Waals surface area contributed by atoms with Crippen LogP contribution in [0, 0.1) is 11.6 Å². The second-order valence-corrected chi connectivity index (χ2v) is 11.2. The van der Waals surface area contributed by atoms with Gasteiger partial charge in [-0.25, -0.2) is 13.8 Å². The Kier molecular flexibility index (Phi) is 6.16. The molecule has 9 nitrogen and oxygen atoms in total. The number of likely N-dealkylation sites (N-methyl/N-ethyl adjacent to an activating group) is 1. The second kappa shape index (κ2) is 9.74. The van der Waals surface area contributed by atoms with Gasteiger partial charge in [-0.1, -0.05) is 12.1 Å². The van der Waals surface area contributed by atoms with Crippen molar-refractivity contribution in [1.82, 2.24) is 30.2 Å². The van der Waals surface area contributed by atoms with E-state index in [0.717, 1.165) is 58.3 Å². The van der Waals surface area contributed by atoms with Crippen molar-refractivity contribution in [2.75, 3.05) is 50.5 Å². The number of pyridine rings is 2. The van der Waals surface area contributed by atoms with Crippen molar-refractivity contribution in [2.24, 2.45) is 0 Å². The molecule has 0 bridgehead atoms. The molecule has 0 unspecified atom stereocenters.